The molecule has 105 heavy (non-hydrogen) atoms. The van der Waals surface area contributed by atoms with Crippen molar-refractivity contribution in [2.24, 2.45) is 17.6 Å². The Morgan fingerprint density at radius 1 is 0.610 bits per heavy atom. The Kier molecular flexibility index (Phi) is 42.1. The first kappa shape index (κ1) is 91.4. The van der Waals surface area contributed by atoms with Crippen molar-refractivity contribution >= 4 is 103 Å². The molecular formula is C72H106CuN12O18S2. The van der Waals surface area contributed by atoms with Gasteiger partial charge in [-0.15, -0.1) is 0 Å². The van der Waals surface area contributed by atoms with Crippen LogP contribution in [0.4, 0.5) is 0 Å². The maximum absolute atomic E-state index is 14.3. The van der Waals surface area contributed by atoms with Gasteiger partial charge in [0.2, 0.25) is 35.4 Å². The third kappa shape index (κ3) is 35.0. The van der Waals surface area contributed by atoms with Crippen molar-refractivity contribution in [3.05, 3.63) is 102 Å². The number of carboxylic acid groups (broad SMARTS) is 3. The molecule has 2 aliphatic heterocycles. The second-order valence-electron chi connectivity index (χ2n) is 26.3. The number of nitrogens with one attached hydrogen (secondary N) is 7. The van der Waals surface area contributed by atoms with E-state index in [2.05, 4.69) is 36.9 Å². The van der Waals surface area contributed by atoms with Gasteiger partial charge in [-0.05, 0) is 93.8 Å². The minimum absolute atomic E-state index is 0. The SMILES string of the molecule is CC(=O)NC(C(C)=O)[C@@H](C)O.CC1CSSCC(C)C(=O)N[C@@H](Cc2ccc(O)cc2)C(=O)NC(Cc2c[nH]c3ccccc23)C(=O)N[C@@H](CCCCN)C(=O)N[C@@H](C(C)O)C(=O)C1.CCC(=O)C(Cc1ccccc1)NC(=O)CN1CCN(CC(=O)O)CCN(CC(=O)O)CCN(CC(=O)O)CC1.[64Cu]. The summed E-state index contributed by atoms with van der Waals surface area (Å²) in [6, 6.07) is 17.3. The van der Waals surface area contributed by atoms with Gasteiger partial charge in [0.1, 0.15) is 36.0 Å². The first-order valence-corrected chi connectivity index (χ1v) is 37.4. The number of aromatic nitrogens is 1. The fraction of sp³-hybridized carbons (Fsp3) is 0.556. The summed E-state index contributed by atoms with van der Waals surface area (Å²) < 4.78 is 0. The molecule has 0 spiro atoms. The first-order chi connectivity index (χ1) is 49.3. The summed E-state index contributed by atoms with van der Waals surface area (Å²) in [6.45, 7) is 13.0. The number of unbranched alkanes of at least 4 members (excludes halogenated alkanes) is 1. The Hall–Kier alpha value is -7.82. The fourth-order valence-corrected chi connectivity index (χ4v) is 14.2. The molecule has 0 aliphatic carbocycles. The van der Waals surface area contributed by atoms with E-state index in [-0.39, 0.29) is 122 Å². The van der Waals surface area contributed by atoms with E-state index in [1.807, 2.05) is 66.4 Å². The largest absolute Gasteiger partial charge is 0.508 e. The van der Waals surface area contributed by atoms with Crippen LogP contribution < -0.4 is 37.6 Å². The van der Waals surface area contributed by atoms with E-state index in [4.69, 9.17) is 10.8 Å². The van der Waals surface area contributed by atoms with E-state index in [0.29, 0.717) is 95.2 Å². The van der Waals surface area contributed by atoms with Crippen LogP contribution in [0.25, 0.3) is 10.9 Å². The molecule has 2 aliphatic rings. The number of amides is 6. The third-order valence-corrected chi connectivity index (χ3v) is 20.0. The zero-order valence-electron chi connectivity index (χ0n) is 60.7. The zero-order valence-corrected chi connectivity index (χ0v) is 63.3. The van der Waals surface area contributed by atoms with Gasteiger partial charge in [-0.1, -0.05) is 103 Å². The number of rotatable bonds is 25. The average molecular weight is 1560 g/mol. The van der Waals surface area contributed by atoms with Crippen molar-refractivity contribution in [3.8, 4) is 5.75 Å². The molecule has 585 valence electrons. The molecule has 0 bridgehead atoms. The fourth-order valence-electron chi connectivity index (χ4n) is 11.4. The summed E-state index contributed by atoms with van der Waals surface area (Å²) in [7, 11) is 3.00. The zero-order chi connectivity index (χ0) is 77.0. The minimum Gasteiger partial charge on any atom is -0.508 e. The second-order valence-corrected chi connectivity index (χ2v) is 28.9. The van der Waals surface area contributed by atoms with Crippen LogP contribution in [-0.2, 0) is 93.9 Å². The van der Waals surface area contributed by atoms with E-state index in [1.165, 1.54) is 61.4 Å². The Morgan fingerprint density at radius 2 is 1.10 bits per heavy atom. The summed E-state index contributed by atoms with van der Waals surface area (Å²) in [5, 5.41) is 74.7. The number of Topliss-reactive ketones (excluding diaryl/α,β-unsaturated/α-hetero) is 3. The van der Waals surface area contributed by atoms with Crippen LogP contribution in [0.5, 0.6) is 5.75 Å². The number of para-hydroxylation sites is 1. The number of benzene rings is 3. The Morgan fingerprint density at radius 3 is 1.60 bits per heavy atom. The number of aliphatic carboxylic acids is 3. The normalized spacial score (nSPS) is 21.1. The summed E-state index contributed by atoms with van der Waals surface area (Å²) in [5.74, 6) is -6.08. The molecule has 2 fully saturated rings. The van der Waals surface area contributed by atoms with Gasteiger partial charge in [-0.3, -0.25) is 77.1 Å². The smallest absolute Gasteiger partial charge is 0.317 e. The molecule has 4 aromatic rings. The number of aliphatic hydroxyl groups is 2. The minimum atomic E-state index is -1.19. The first-order valence-electron chi connectivity index (χ1n) is 34.9. The average Bonchev–Trinajstić information content (AvgIpc) is 1.72. The molecule has 3 aromatic carbocycles. The number of phenols is 1. The van der Waals surface area contributed by atoms with Gasteiger partial charge in [0.05, 0.1) is 44.4 Å². The van der Waals surface area contributed by atoms with Crippen molar-refractivity contribution in [3.63, 3.8) is 0 Å². The molecule has 2 saturated heterocycles. The van der Waals surface area contributed by atoms with Gasteiger partial charge < -0.3 is 73.3 Å². The van der Waals surface area contributed by atoms with E-state index < -0.39 is 90.0 Å². The van der Waals surface area contributed by atoms with Crippen molar-refractivity contribution < 1.29 is 105 Å². The number of carbonyl (C=O) groups is 12. The molecule has 1 radical (unpaired) electrons. The number of carbonyl (C=O) groups excluding carboxylic acids is 9. The molecule has 6 rings (SSSR count). The van der Waals surface area contributed by atoms with Gasteiger partial charge >= 0.3 is 17.9 Å². The van der Waals surface area contributed by atoms with Crippen LogP contribution >= 0.6 is 21.6 Å². The van der Waals surface area contributed by atoms with E-state index in [1.54, 1.807) is 46.9 Å². The number of hydrogen-bond donors (Lipinski definition) is 14. The number of ketones is 3. The van der Waals surface area contributed by atoms with Crippen molar-refractivity contribution in [2.45, 2.75) is 148 Å². The summed E-state index contributed by atoms with van der Waals surface area (Å²) in [5.41, 5.74) is 8.92. The van der Waals surface area contributed by atoms with Crippen LogP contribution in [-0.4, -0.2) is 271 Å². The standard InChI is InChI=1S/C38H52N6O7S2.C27H41N5O8.C7H13NO3.Cu/c1-22-16-33(47)34(24(3)45)44-36(49)30(10-6-7-15-39)41-38(51)32(18-26-19-40-29-9-5-4-8-28(26)29)43-37(50)31(17-25-11-13-27(46)14-12-25)42-35(48)23(2)21-53-52-20-22;1-2-23(33)22(16-21-6-4-3-5-7-21)28-24(34)17-29-8-10-30(18-25(35)36)12-14-32(20-27(39)40)15-13-31(11-9-29)19-26(37)38;1-4(9)7(5(2)10)8-6(3)11;/h4-5,8-9,11-14,19,22-24,30-32,34,40,45-46H,6-7,10,15-18,20-21,39H2,1-3H3,(H,41,51)(H,42,48)(H,43,50)(H,44,49);3-7,22H,2,8-20H2,1H3,(H,28,34)(H,35,36)(H,37,38)(H,39,40);4,7,9H,1-3H3,(H,8,11);/t22?,23?,24?,30-,31-,32?,34-;;4-,7?;/m0.1./s1/i;;;1+0. The molecule has 10 atom stereocenters. The number of aliphatic hydroxyl groups excluding tert-OH is 2. The summed E-state index contributed by atoms with van der Waals surface area (Å²) in [4.78, 5) is 160. The van der Waals surface area contributed by atoms with Gasteiger partial charge in [0, 0.05) is 137 Å². The van der Waals surface area contributed by atoms with E-state index in [9.17, 15) is 83.1 Å². The quantitative estimate of drug-likeness (QED) is 0.0253. The van der Waals surface area contributed by atoms with Crippen molar-refractivity contribution in [1.82, 2.24) is 56.5 Å². The number of fused-ring (bicyclic) bond motifs is 1. The maximum atomic E-state index is 14.3. The number of nitrogens with two attached hydrogens (primary N) is 1. The molecule has 15 N–H and O–H groups in total. The molecule has 6 amide bonds. The molecule has 0 saturated carbocycles. The van der Waals surface area contributed by atoms with E-state index >= 15 is 0 Å². The monoisotopic (exact) mass is 1550 g/mol. The number of aromatic amines is 1. The van der Waals surface area contributed by atoms with Gasteiger partial charge in [-0.25, -0.2) is 0 Å². The van der Waals surface area contributed by atoms with Crippen LogP contribution in [0, 0.1) is 11.8 Å². The molecular weight excluding hydrogens is 1450 g/mol. The Bertz CT molecular complexity index is 3420. The van der Waals surface area contributed by atoms with Gasteiger partial charge in [0.15, 0.2) is 17.3 Å². The van der Waals surface area contributed by atoms with Gasteiger partial charge in [0.25, 0.3) is 0 Å². The number of carboxylic acids is 3. The van der Waals surface area contributed by atoms with Crippen LogP contribution in [0.15, 0.2) is 85.1 Å². The maximum Gasteiger partial charge on any atom is 0.317 e. The second kappa shape index (κ2) is 48.4. The number of aromatic hydroxyl groups is 1. The predicted octanol–water partition coefficient (Wildman–Crippen LogP) is 1.36. The molecule has 1 aromatic heterocycles. The third-order valence-electron chi connectivity index (χ3n) is 17.2. The van der Waals surface area contributed by atoms with Crippen molar-refractivity contribution in [1.29, 1.82) is 0 Å². The molecule has 3 heterocycles. The number of hydrogen-bond acceptors (Lipinski definition) is 22. The number of phenolic OH excluding ortho intramolecular Hbond substituents is 1. The summed E-state index contributed by atoms with van der Waals surface area (Å²) >= 11 is 0. The molecule has 30 nitrogen and oxygen atoms in total. The van der Waals surface area contributed by atoms with E-state index in [0.717, 1.165) is 22.0 Å². The Balaban J connectivity index is 0.000000485. The predicted molar refractivity (Wildman–Crippen MR) is 395 cm³/mol. The number of nitrogens with zero attached hydrogens (tertiary/aromatic N) is 4. The van der Waals surface area contributed by atoms with Crippen LogP contribution in [0.2, 0.25) is 0 Å². The van der Waals surface area contributed by atoms with Crippen LogP contribution in [0.1, 0.15) is 97.3 Å². The van der Waals surface area contributed by atoms with Gasteiger partial charge in [-0.2, -0.15) is 0 Å². The molecule has 6 unspecified atom stereocenters. The molecule has 33 heteroatoms. The van der Waals surface area contributed by atoms with Crippen LogP contribution in [0.3, 0.4) is 0 Å². The van der Waals surface area contributed by atoms with Crippen molar-refractivity contribution in [2.75, 3.05) is 96.6 Å². The Labute approximate surface area is 631 Å². The topological polar surface area (TPSA) is 453 Å². The summed E-state index contributed by atoms with van der Waals surface area (Å²) in [6.07, 6.45) is 1.91. The number of H-pyrrole nitrogens is 1.